The molecule has 0 aliphatic heterocycles. The first-order chi connectivity index (χ1) is 9.55. The number of nitrogens with one attached hydrogen (secondary N) is 1. The van der Waals surface area contributed by atoms with Crippen LogP contribution in [0.3, 0.4) is 0 Å². The Balaban J connectivity index is 2.34. The molecule has 2 N–H and O–H groups in total. The van der Waals surface area contributed by atoms with Gasteiger partial charge in [-0.05, 0) is 12.6 Å². The summed E-state index contributed by atoms with van der Waals surface area (Å²) >= 11 is 0. The van der Waals surface area contributed by atoms with Crippen molar-refractivity contribution in [3.05, 3.63) is 48.1 Å². The van der Waals surface area contributed by atoms with Crippen molar-refractivity contribution in [2.24, 2.45) is 0 Å². The first kappa shape index (κ1) is 14.5. The van der Waals surface area contributed by atoms with E-state index in [1.165, 1.54) is 23.4 Å². The molecule has 20 heavy (non-hydrogen) atoms. The summed E-state index contributed by atoms with van der Waals surface area (Å²) in [7, 11) is 0. The summed E-state index contributed by atoms with van der Waals surface area (Å²) in [5.41, 5.74) is -1.52. The van der Waals surface area contributed by atoms with Crippen LogP contribution in [0.4, 0.5) is 8.78 Å². The fourth-order valence-electron chi connectivity index (χ4n) is 2.02. The Morgan fingerprint density at radius 3 is 2.80 bits per heavy atom. The lowest BCUT2D eigenvalue weighted by Crippen LogP contribution is -2.42. The highest BCUT2D eigenvalue weighted by atomic mass is 19.1. The van der Waals surface area contributed by atoms with E-state index >= 15 is 0 Å². The summed E-state index contributed by atoms with van der Waals surface area (Å²) in [6.07, 6.45) is 2.76. The number of nitrogens with zero attached hydrogens (tertiary/aromatic N) is 3. The van der Waals surface area contributed by atoms with Gasteiger partial charge in [0, 0.05) is 18.2 Å². The molecule has 0 amide bonds. The molecule has 108 valence electrons. The van der Waals surface area contributed by atoms with Crippen LogP contribution in [0.25, 0.3) is 0 Å². The number of halogens is 2. The van der Waals surface area contributed by atoms with Gasteiger partial charge in [-0.15, -0.1) is 0 Å². The molecule has 1 heterocycles. The molecular formula is C13H16F2N4O. The summed E-state index contributed by atoms with van der Waals surface area (Å²) in [5.74, 6) is -1.47. The van der Waals surface area contributed by atoms with Gasteiger partial charge in [-0.3, -0.25) is 0 Å². The zero-order valence-corrected chi connectivity index (χ0v) is 11.1. The number of aliphatic hydroxyl groups is 1. The molecule has 0 fully saturated rings. The summed E-state index contributed by atoms with van der Waals surface area (Å²) in [6.45, 7) is 2.62. The zero-order valence-electron chi connectivity index (χ0n) is 11.1. The molecular weight excluding hydrogens is 266 g/mol. The first-order valence-electron chi connectivity index (χ1n) is 6.26. The third-order valence-corrected chi connectivity index (χ3v) is 2.99. The van der Waals surface area contributed by atoms with Crippen LogP contribution in [-0.2, 0) is 12.1 Å². The van der Waals surface area contributed by atoms with E-state index in [0.717, 1.165) is 12.1 Å². The van der Waals surface area contributed by atoms with E-state index in [1.807, 2.05) is 6.92 Å². The summed E-state index contributed by atoms with van der Waals surface area (Å²) < 4.78 is 28.3. The van der Waals surface area contributed by atoms with E-state index in [9.17, 15) is 13.9 Å². The molecule has 7 heteroatoms. The van der Waals surface area contributed by atoms with E-state index in [0.29, 0.717) is 6.54 Å². The lowest BCUT2D eigenvalue weighted by molar-refractivity contribution is 0.0125. The average molecular weight is 282 g/mol. The van der Waals surface area contributed by atoms with E-state index in [1.54, 1.807) is 0 Å². The minimum Gasteiger partial charge on any atom is -0.382 e. The molecule has 1 aromatic carbocycles. The summed E-state index contributed by atoms with van der Waals surface area (Å²) in [6, 6.07) is 3.13. The van der Waals surface area contributed by atoms with Gasteiger partial charge in [0.15, 0.2) is 0 Å². The van der Waals surface area contributed by atoms with Gasteiger partial charge in [-0.1, -0.05) is 13.0 Å². The maximum Gasteiger partial charge on any atom is 0.137 e. The predicted molar refractivity (Wildman–Crippen MR) is 68.8 cm³/mol. The standard InChI is InChI=1S/C13H16F2N4O/c1-2-16-6-13(20,7-19-9-17-8-18-19)11-4-3-10(14)5-12(11)15/h3-5,8-9,16,20H,2,6-7H2,1H3. The molecule has 1 atom stereocenters. The Labute approximate surface area is 115 Å². The molecule has 0 bridgehead atoms. The number of hydrogen-bond donors (Lipinski definition) is 2. The molecule has 1 unspecified atom stereocenters. The molecule has 0 aliphatic rings. The van der Waals surface area contributed by atoms with Crippen LogP contribution in [0.15, 0.2) is 30.9 Å². The van der Waals surface area contributed by atoms with E-state index in [-0.39, 0.29) is 18.7 Å². The Hall–Kier alpha value is -1.86. The Morgan fingerprint density at radius 2 is 2.20 bits per heavy atom. The molecule has 0 aliphatic carbocycles. The van der Waals surface area contributed by atoms with Crippen LogP contribution >= 0.6 is 0 Å². The Kier molecular flexibility index (Phi) is 4.41. The highest BCUT2D eigenvalue weighted by molar-refractivity contribution is 5.25. The molecule has 0 radical (unpaired) electrons. The number of hydrogen-bond acceptors (Lipinski definition) is 4. The van der Waals surface area contributed by atoms with Gasteiger partial charge >= 0.3 is 0 Å². The van der Waals surface area contributed by atoms with Crippen LogP contribution in [-0.4, -0.2) is 33.0 Å². The van der Waals surface area contributed by atoms with Gasteiger partial charge in [-0.25, -0.2) is 18.4 Å². The number of benzene rings is 1. The highest BCUT2D eigenvalue weighted by Gasteiger charge is 2.33. The van der Waals surface area contributed by atoms with Crippen molar-refractivity contribution < 1.29 is 13.9 Å². The van der Waals surface area contributed by atoms with Gasteiger partial charge in [-0.2, -0.15) is 5.10 Å². The Morgan fingerprint density at radius 1 is 1.40 bits per heavy atom. The predicted octanol–water partition coefficient (Wildman–Crippen LogP) is 1.05. The van der Waals surface area contributed by atoms with E-state index in [2.05, 4.69) is 15.4 Å². The number of aromatic nitrogens is 3. The fourth-order valence-corrected chi connectivity index (χ4v) is 2.02. The summed E-state index contributed by atoms with van der Waals surface area (Å²) in [4.78, 5) is 3.78. The molecule has 0 saturated carbocycles. The van der Waals surface area contributed by atoms with E-state index in [4.69, 9.17) is 0 Å². The van der Waals surface area contributed by atoms with Crippen molar-refractivity contribution in [1.82, 2.24) is 20.1 Å². The van der Waals surface area contributed by atoms with Gasteiger partial charge in [0.2, 0.25) is 0 Å². The number of likely N-dealkylation sites (N-methyl/N-ethyl adjacent to an activating group) is 1. The largest absolute Gasteiger partial charge is 0.382 e. The second-order valence-corrected chi connectivity index (χ2v) is 4.53. The molecule has 2 rings (SSSR count). The topological polar surface area (TPSA) is 63.0 Å². The lowest BCUT2D eigenvalue weighted by Gasteiger charge is -2.29. The van der Waals surface area contributed by atoms with Crippen molar-refractivity contribution in [2.45, 2.75) is 19.1 Å². The maximum atomic E-state index is 13.9. The van der Waals surface area contributed by atoms with Gasteiger partial charge in [0.25, 0.3) is 0 Å². The highest BCUT2D eigenvalue weighted by Crippen LogP contribution is 2.25. The minimum atomic E-state index is -1.54. The first-order valence-corrected chi connectivity index (χ1v) is 6.26. The molecule has 2 aromatic rings. The molecule has 5 nitrogen and oxygen atoms in total. The monoisotopic (exact) mass is 282 g/mol. The zero-order chi connectivity index (χ0) is 14.6. The minimum absolute atomic E-state index is 0.0164. The maximum absolute atomic E-state index is 13.9. The third-order valence-electron chi connectivity index (χ3n) is 2.99. The van der Waals surface area contributed by atoms with Crippen molar-refractivity contribution >= 4 is 0 Å². The van der Waals surface area contributed by atoms with Crippen LogP contribution in [0.2, 0.25) is 0 Å². The van der Waals surface area contributed by atoms with Crippen molar-refractivity contribution in [3.63, 3.8) is 0 Å². The van der Waals surface area contributed by atoms with Crippen LogP contribution in [0, 0.1) is 11.6 Å². The van der Waals surface area contributed by atoms with Gasteiger partial charge < -0.3 is 10.4 Å². The Bertz CT molecular complexity index is 562. The van der Waals surface area contributed by atoms with Gasteiger partial charge in [0.1, 0.15) is 29.9 Å². The lowest BCUT2D eigenvalue weighted by atomic mass is 9.93. The van der Waals surface area contributed by atoms with Crippen molar-refractivity contribution in [3.8, 4) is 0 Å². The SMILES string of the molecule is CCNCC(O)(Cn1cncn1)c1ccc(F)cc1F. The van der Waals surface area contributed by atoms with Crippen molar-refractivity contribution in [1.29, 1.82) is 0 Å². The van der Waals surface area contributed by atoms with E-state index < -0.39 is 17.2 Å². The van der Waals surface area contributed by atoms with Crippen LogP contribution in [0.5, 0.6) is 0 Å². The van der Waals surface area contributed by atoms with Crippen LogP contribution in [0.1, 0.15) is 12.5 Å². The quantitative estimate of drug-likeness (QED) is 0.831. The molecule has 0 spiro atoms. The smallest absolute Gasteiger partial charge is 0.137 e. The fraction of sp³-hybridized carbons (Fsp3) is 0.385. The number of rotatable bonds is 6. The second kappa shape index (κ2) is 6.06. The second-order valence-electron chi connectivity index (χ2n) is 4.53. The van der Waals surface area contributed by atoms with Crippen LogP contribution < -0.4 is 5.32 Å². The molecule has 0 saturated heterocycles. The molecule has 1 aromatic heterocycles. The summed E-state index contributed by atoms with van der Waals surface area (Å²) in [5, 5.41) is 17.6. The normalized spacial score (nSPS) is 14.2. The van der Waals surface area contributed by atoms with Crippen molar-refractivity contribution in [2.75, 3.05) is 13.1 Å². The average Bonchev–Trinajstić information content (AvgIpc) is 2.88. The third kappa shape index (κ3) is 3.17. The van der Waals surface area contributed by atoms with Gasteiger partial charge in [0.05, 0.1) is 6.54 Å².